The van der Waals surface area contributed by atoms with Crippen LogP contribution in [-0.2, 0) is 22.7 Å². The number of fused-ring (bicyclic) bond motifs is 2. The number of carbonyl (C=O) groups is 2. The summed E-state index contributed by atoms with van der Waals surface area (Å²) in [6.45, 7) is -0.112. The molecular weight excluding hydrogens is 655 g/mol. The number of ether oxygens (including phenoxy) is 3. The van der Waals surface area contributed by atoms with E-state index in [2.05, 4.69) is 20.6 Å². The molecule has 7 aromatic rings. The topological polar surface area (TPSA) is 136 Å². The molecule has 3 aromatic heterocycles. The molecular formula is C37H33N7O5S. The van der Waals surface area contributed by atoms with Crippen molar-refractivity contribution in [2.45, 2.75) is 19.1 Å². The lowest BCUT2D eigenvalue weighted by atomic mass is 10.0. The molecule has 0 aliphatic carbocycles. The van der Waals surface area contributed by atoms with Crippen molar-refractivity contribution in [3.8, 4) is 28.5 Å². The van der Waals surface area contributed by atoms with Crippen LogP contribution >= 0.6 is 11.3 Å². The third kappa shape index (κ3) is 6.45. The summed E-state index contributed by atoms with van der Waals surface area (Å²) in [5.74, 6) is 0.923. The van der Waals surface area contributed by atoms with Gasteiger partial charge in [-0.3, -0.25) is 9.59 Å². The van der Waals surface area contributed by atoms with Crippen molar-refractivity contribution in [3.05, 3.63) is 113 Å². The third-order valence-electron chi connectivity index (χ3n) is 8.41. The summed E-state index contributed by atoms with van der Waals surface area (Å²) in [6.07, 6.45) is 1.77. The van der Waals surface area contributed by atoms with Crippen LogP contribution in [0.25, 0.3) is 33.2 Å². The van der Waals surface area contributed by atoms with Gasteiger partial charge in [-0.1, -0.05) is 35.5 Å². The molecule has 0 saturated heterocycles. The number of methoxy groups -OCH3 is 3. The van der Waals surface area contributed by atoms with Crippen LogP contribution in [0.5, 0.6) is 17.2 Å². The number of H-pyrrole nitrogens is 1. The van der Waals surface area contributed by atoms with Gasteiger partial charge in [0.25, 0.3) is 5.91 Å². The number of benzene rings is 4. The first kappa shape index (κ1) is 32.3. The van der Waals surface area contributed by atoms with E-state index in [-0.39, 0.29) is 19.0 Å². The van der Waals surface area contributed by atoms with Gasteiger partial charge in [-0.15, -0.1) is 16.4 Å². The highest BCUT2D eigenvalue weighted by molar-refractivity contribution is 7.09. The number of para-hydroxylation sites is 2. The molecule has 2 N–H and O–H groups in total. The van der Waals surface area contributed by atoms with E-state index in [0.29, 0.717) is 38.8 Å². The summed E-state index contributed by atoms with van der Waals surface area (Å²) >= 11 is 1.41. The number of hydrogen-bond donors (Lipinski definition) is 2. The second kappa shape index (κ2) is 14.1. The number of nitrogens with one attached hydrogen (secondary N) is 2. The fourth-order valence-electron chi connectivity index (χ4n) is 5.87. The molecule has 50 heavy (non-hydrogen) atoms. The smallest absolute Gasteiger partial charge is 0.252 e. The van der Waals surface area contributed by atoms with Gasteiger partial charge in [0.15, 0.2) is 0 Å². The van der Waals surface area contributed by atoms with E-state index < -0.39 is 11.9 Å². The van der Waals surface area contributed by atoms with Gasteiger partial charge in [0.1, 0.15) is 40.4 Å². The third-order valence-corrected chi connectivity index (χ3v) is 9.24. The molecule has 4 aromatic carbocycles. The molecule has 0 fully saturated rings. The van der Waals surface area contributed by atoms with Crippen LogP contribution in [-0.4, -0.2) is 63.0 Å². The average molecular weight is 688 g/mol. The molecule has 0 aliphatic rings. The van der Waals surface area contributed by atoms with Gasteiger partial charge in [0.2, 0.25) is 5.91 Å². The minimum absolute atomic E-state index is 0.0453. The van der Waals surface area contributed by atoms with Crippen LogP contribution in [0.3, 0.4) is 0 Å². The Bertz CT molecular complexity index is 2300. The lowest BCUT2D eigenvalue weighted by molar-refractivity contribution is -0.140. The summed E-state index contributed by atoms with van der Waals surface area (Å²) < 4.78 is 17.8. The molecule has 3 heterocycles. The highest BCUT2D eigenvalue weighted by Crippen LogP contribution is 2.35. The Morgan fingerprint density at radius 3 is 2.48 bits per heavy atom. The first-order chi connectivity index (χ1) is 24.4. The van der Waals surface area contributed by atoms with E-state index in [0.717, 1.165) is 27.9 Å². The summed E-state index contributed by atoms with van der Waals surface area (Å²) in [5.41, 5.74) is 4.88. The van der Waals surface area contributed by atoms with E-state index in [9.17, 15) is 9.59 Å². The Balaban J connectivity index is 1.31. The van der Waals surface area contributed by atoms with Gasteiger partial charge in [0, 0.05) is 39.7 Å². The second-order valence-electron chi connectivity index (χ2n) is 11.4. The Kier molecular flexibility index (Phi) is 9.12. The van der Waals surface area contributed by atoms with Gasteiger partial charge in [-0.25, -0.2) is 9.67 Å². The highest BCUT2D eigenvalue weighted by Gasteiger charge is 2.35. The number of rotatable bonds is 12. The van der Waals surface area contributed by atoms with E-state index in [1.807, 2.05) is 78.2 Å². The van der Waals surface area contributed by atoms with Crippen molar-refractivity contribution in [1.82, 2.24) is 29.9 Å². The zero-order valence-electron chi connectivity index (χ0n) is 27.5. The number of thiazole rings is 1. The van der Waals surface area contributed by atoms with E-state index in [1.165, 1.54) is 18.4 Å². The quantitative estimate of drug-likeness (QED) is 0.149. The highest BCUT2D eigenvalue weighted by atomic mass is 32.1. The molecule has 12 nitrogen and oxygen atoms in total. The van der Waals surface area contributed by atoms with E-state index in [1.54, 1.807) is 48.2 Å². The van der Waals surface area contributed by atoms with Crippen molar-refractivity contribution in [1.29, 1.82) is 0 Å². The van der Waals surface area contributed by atoms with Crippen molar-refractivity contribution in [2.24, 2.45) is 0 Å². The largest absolute Gasteiger partial charge is 0.497 e. The molecule has 0 saturated carbocycles. The van der Waals surface area contributed by atoms with Crippen LogP contribution in [0.15, 0.2) is 103 Å². The van der Waals surface area contributed by atoms with Crippen molar-refractivity contribution < 1.29 is 23.8 Å². The van der Waals surface area contributed by atoms with Crippen LogP contribution in [0.4, 0.5) is 5.69 Å². The second-order valence-corrected chi connectivity index (χ2v) is 12.3. The van der Waals surface area contributed by atoms with Crippen molar-refractivity contribution in [2.75, 3.05) is 26.6 Å². The predicted molar refractivity (Wildman–Crippen MR) is 191 cm³/mol. The van der Waals surface area contributed by atoms with Crippen molar-refractivity contribution in [3.63, 3.8) is 0 Å². The summed E-state index contributed by atoms with van der Waals surface area (Å²) in [4.78, 5) is 39.0. The number of nitrogens with zero attached hydrogens (tertiary/aromatic N) is 5. The molecule has 252 valence electrons. The van der Waals surface area contributed by atoms with E-state index in [4.69, 9.17) is 19.2 Å². The summed E-state index contributed by atoms with van der Waals surface area (Å²) in [5, 5.41) is 14.9. The molecule has 2 amide bonds. The Morgan fingerprint density at radius 2 is 1.68 bits per heavy atom. The number of aromatic nitrogens is 5. The van der Waals surface area contributed by atoms with Crippen LogP contribution in [0, 0.1) is 0 Å². The fourth-order valence-corrected chi connectivity index (χ4v) is 6.67. The average Bonchev–Trinajstić information content (AvgIpc) is 3.91. The number of hydrogen-bond acceptors (Lipinski definition) is 9. The van der Waals surface area contributed by atoms with Crippen LogP contribution < -0.4 is 19.5 Å². The molecule has 0 radical (unpaired) electrons. The van der Waals surface area contributed by atoms with Crippen LogP contribution in [0.1, 0.15) is 16.6 Å². The molecule has 0 spiro atoms. The van der Waals surface area contributed by atoms with Crippen molar-refractivity contribution >= 4 is 50.8 Å². The van der Waals surface area contributed by atoms with E-state index >= 15 is 0 Å². The van der Waals surface area contributed by atoms with Crippen LogP contribution in [0.2, 0.25) is 0 Å². The molecule has 0 aliphatic heterocycles. The molecule has 1 unspecified atom stereocenters. The number of amides is 2. The molecule has 0 bridgehead atoms. The number of aromatic amines is 1. The summed E-state index contributed by atoms with van der Waals surface area (Å²) in [6, 6.07) is 26.7. The minimum Gasteiger partial charge on any atom is -0.497 e. The number of carbonyl (C=O) groups excluding carboxylic acids is 2. The molecule has 13 heteroatoms. The summed E-state index contributed by atoms with van der Waals surface area (Å²) in [7, 11) is 4.69. The lowest BCUT2D eigenvalue weighted by Gasteiger charge is -2.30. The Hall–Kier alpha value is -6.21. The van der Waals surface area contributed by atoms with Gasteiger partial charge in [0.05, 0.1) is 44.8 Å². The maximum absolute atomic E-state index is 14.6. The molecule has 7 rings (SSSR count). The normalized spacial score (nSPS) is 11.7. The first-order valence-corrected chi connectivity index (χ1v) is 16.6. The first-order valence-electron chi connectivity index (χ1n) is 15.7. The standard InChI is InChI=1S/C37H33N7O5S/c1-47-24-14-12-23(13-15-24)31-22-50-34(39-31)20-43(35(45)21-44-32-11-7-6-10-29(32)41-42-44)36(27-19-38-28-9-5-4-8-26(27)28)37(46)40-30-17-16-25(48-2)18-33(30)49-3/h4-19,22,36,38H,20-21H2,1-3H3,(H,40,46). The van der Waals surface area contributed by atoms with Gasteiger partial charge < -0.3 is 29.4 Å². The van der Waals surface area contributed by atoms with Gasteiger partial charge >= 0.3 is 0 Å². The van der Waals surface area contributed by atoms with Gasteiger partial charge in [-0.05, 0) is 54.6 Å². The Labute approximate surface area is 291 Å². The zero-order valence-corrected chi connectivity index (χ0v) is 28.3. The maximum atomic E-state index is 14.6. The lowest BCUT2D eigenvalue weighted by Crippen LogP contribution is -2.42. The Morgan fingerprint density at radius 1 is 0.920 bits per heavy atom. The zero-order chi connectivity index (χ0) is 34.6. The predicted octanol–water partition coefficient (Wildman–Crippen LogP) is 6.47. The fraction of sp³-hybridized carbons (Fsp3) is 0.162. The maximum Gasteiger partial charge on any atom is 0.252 e. The monoisotopic (exact) mass is 687 g/mol. The van der Waals surface area contributed by atoms with Gasteiger partial charge in [-0.2, -0.15) is 0 Å². The minimum atomic E-state index is -1.09. The number of anilines is 1. The molecule has 1 atom stereocenters. The SMILES string of the molecule is COc1ccc(-c2csc(CN(C(=O)Cn3nnc4ccccc43)C(C(=O)Nc3ccc(OC)cc3OC)c3c[nH]c4ccccc34)n2)cc1.